The number of piperidine rings is 1. The molecule has 0 spiro atoms. The number of hydrogen-bond donors (Lipinski definition) is 1. The lowest BCUT2D eigenvalue weighted by atomic mass is 10.1. The third-order valence-corrected chi connectivity index (χ3v) is 4.17. The molecular weight excluding hydrogens is 304 g/mol. The highest BCUT2D eigenvalue weighted by Gasteiger charge is 2.12. The van der Waals surface area contributed by atoms with Crippen LogP contribution in [0.25, 0.3) is 0 Å². The van der Waals surface area contributed by atoms with Crippen LogP contribution in [-0.4, -0.2) is 50.7 Å². The average Bonchev–Trinajstić information content (AvgIpc) is 2.64. The molecule has 1 N–H and O–H groups in total. The molecule has 0 saturated carbocycles. The summed E-state index contributed by atoms with van der Waals surface area (Å²) < 4.78 is 10.8. The van der Waals surface area contributed by atoms with Gasteiger partial charge in [0, 0.05) is 12.1 Å². The molecular formula is C19H28N2O3. The van der Waals surface area contributed by atoms with E-state index in [0.717, 1.165) is 13.0 Å². The monoisotopic (exact) mass is 332 g/mol. The second kappa shape index (κ2) is 9.98. The Kier molecular flexibility index (Phi) is 7.62. The van der Waals surface area contributed by atoms with Crippen molar-refractivity contribution < 1.29 is 14.3 Å². The number of nitrogens with one attached hydrogen (secondary N) is 1. The first-order valence-corrected chi connectivity index (χ1v) is 8.67. The number of benzene rings is 1. The second-order valence-electron chi connectivity index (χ2n) is 5.98. The maximum absolute atomic E-state index is 12.3. The highest BCUT2D eigenvalue weighted by Crippen LogP contribution is 2.28. The number of rotatable bonds is 9. The van der Waals surface area contributed by atoms with Crippen molar-refractivity contribution in [3.8, 4) is 11.5 Å². The molecule has 2 rings (SSSR count). The van der Waals surface area contributed by atoms with Crippen LogP contribution < -0.4 is 14.8 Å². The molecule has 1 aliphatic rings. The number of likely N-dealkylation sites (tertiary alicyclic amines) is 1. The summed E-state index contributed by atoms with van der Waals surface area (Å²) in [5.74, 6) is 1.08. The highest BCUT2D eigenvalue weighted by atomic mass is 16.5. The SMILES string of the molecule is C=CCOc1ccc(C(=O)NCCCN2CCCCC2)cc1OC. The second-order valence-corrected chi connectivity index (χ2v) is 5.98. The first kappa shape index (κ1) is 18.3. The number of hydrogen-bond acceptors (Lipinski definition) is 4. The van der Waals surface area contributed by atoms with Crippen molar-refractivity contribution in [3.05, 3.63) is 36.4 Å². The fraction of sp³-hybridized carbons (Fsp3) is 0.526. The lowest BCUT2D eigenvalue weighted by molar-refractivity contribution is 0.0950. The van der Waals surface area contributed by atoms with Gasteiger partial charge in [-0.3, -0.25) is 4.79 Å². The Morgan fingerprint density at radius 3 is 2.79 bits per heavy atom. The Labute approximate surface area is 144 Å². The Morgan fingerprint density at radius 2 is 2.08 bits per heavy atom. The van der Waals surface area contributed by atoms with E-state index in [1.807, 2.05) is 0 Å². The van der Waals surface area contributed by atoms with Gasteiger partial charge in [0.05, 0.1) is 7.11 Å². The molecule has 132 valence electrons. The quantitative estimate of drug-likeness (QED) is 0.558. The van der Waals surface area contributed by atoms with Crippen LogP contribution >= 0.6 is 0 Å². The van der Waals surface area contributed by atoms with Gasteiger partial charge in [0.15, 0.2) is 11.5 Å². The van der Waals surface area contributed by atoms with Crippen LogP contribution in [0, 0.1) is 0 Å². The molecule has 0 atom stereocenters. The smallest absolute Gasteiger partial charge is 0.251 e. The molecule has 0 aliphatic carbocycles. The number of ether oxygens (including phenoxy) is 2. The van der Waals surface area contributed by atoms with Crippen molar-refractivity contribution in [2.45, 2.75) is 25.7 Å². The third kappa shape index (κ3) is 5.57. The zero-order chi connectivity index (χ0) is 17.2. The highest BCUT2D eigenvalue weighted by molar-refractivity contribution is 5.94. The van der Waals surface area contributed by atoms with Crippen LogP contribution in [0.3, 0.4) is 0 Å². The molecule has 0 bridgehead atoms. The van der Waals surface area contributed by atoms with Crippen molar-refractivity contribution in [1.82, 2.24) is 10.2 Å². The molecule has 5 heteroatoms. The topological polar surface area (TPSA) is 50.8 Å². The summed E-state index contributed by atoms with van der Waals surface area (Å²) in [7, 11) is 1.57. The molecule has 0 aromatic heterocycles. The summed E-state index contributed by atoms with van der Waals surface area (Å²) in [4.78, 5) is 14.7. The minimum Gasteiger partial charge on any atom is -0.493 e. The normalized spacial score (nSPS) is 14.9. The predicted molar refractivity (Wildman–Crippen MR) is 95.9 cm³/mol. The van der Waals surface area contributed by atoms with E-state index in [0.29, 0.717) is 30.2 Å². The number of amides is 1. The van der Waals surface area contributed by atoms with Crippen LogP contribution in [0.5, 0.6) is 11.5 Å². The van der Waals surface area contributed by atoms with E-state index in [1.165, 1.54) is 32.4 Å². The summed E-state index contributed by atoms with van der Waals surface area (Å²) in [5, 5.41) is 2.97. The van der Waals surface area contributed by atoms with Crippen molar-refractivity contribution >= 4 is 5.91 Å². The van der Waals surface area contributed by atoms with Crippen LogP contribution in [0.4, 0.5) is 0 Å². The fourth-order valence-corrected chi connectivity index (χ4v) is 2.87. The zero-order valence-electron chi connectivity index (χ0n) is 14.6. The van der Waals surface area contributed by atoms with Gasteiger partial charge >= 0.3 is 0 Å². The van der Waals surface area contributed by atoms with Crippen LogP contribution in [-0.2, 0) is 0 Å². The minimum atomic E-state index is -0.0813. The first-order chi connectivity index (χ1) is 11.7. The Morgan fingerprint density at radius 1 is 1.29 bits per heavy atom. The number of nitrogens with zero attached hydrogens (tertiary/aromatic N) is 1. The molecule has 1 saturated heterocycles. The van der Waals surface area contributed by atoms with Gasteiger partial charge in [-0.25, -0.2) is 0 Å². The summed E-state index contributed by atoms with van der Waals surface area (Å²) >= 11 is 0. The van der Waals surface area contributed by atoms with E-state index in [4.69, 9.17) is 9.47 Å². The summed E-state index contributed by atoms with van der Waals surface area (Å²) in [6.45, 7) is 8.14. The van der Waals surface area contributed by atoms with Gasteiger partial charge in [0.2, 0.25) is 0 Å². The van der Waals surface area contributed by atoms with Crippen molar-refractivity contribution in [2.75, 3.05) is 39.9 Å². The molecule has 1 aliphatic heterocycles. The van der Waals surface area contributed by atoms with Gasteiger partial charge in [-0.15, -0.1) is 0 Å². The first-order valence-electron chi connectivity index (χ1n) is 8.67. The molecule has 1 fully saturated rings. The Bertz CT molecular complexity index is 539. The molecule has 1 heterocycles. The number of carbonyl (C=O) groups excluding carboxylic acids is 1. The van der Waals surface area contributed by atoms with Gasteiger partial charge in [-0.2, -0.15) is 0 Å². The molecule has 1 aromatic carbocycles. The summed E-state index contributed by atoms with van der Waals surface area (Å²) in [6, 6.07) is 5.21. The van der Waals surface area contributed by atoms with Crippen LogP contribution in [0.15, 0.2) is 30.9 Å². The largest absolute Gasteiger partial charge is 0.493 e. The maximum atomic E-state index is 12.3. The van der Waals surface area contributed by atoms with E-state index < -0.39 is 0 Å². The summed E-state index contributed by atoms with van der Waals surface area (Å²) in [5.41, 5.74) is 0.579. The fourth-order valence-electron chi connectivity index (χ4n) is 2.87. The molecule has 5 nitrogen and oxygen atoms in total. The van der Waals surface area contributed by atoms with Crippen LogP contribution in [0.1, 0.15) is 36.0 Å². The standard InChI is InChI=1S/C19H28N2O3/c1-3-14-24-17-9-8-16(15-18(17)23-2)19(22)20-10-7-13-21-11-5-4-6-12-21/h3,8-9,15H,1,4-7,10-14H2,2H3,(H,20,22). The minimum absolute atomic E-state index is 0.0813. The zero-order valence-corrected chi connectivity index (χ0v) is 14.6. The number of methoxy groups -OCH3 is 1. The van der Waals surface area contributed by atoms with Crippen LogP contribution in [0.2, 0.25) is 0 Å². The number of carbonyl (C=O) groups is 1. The van der Waals surface area contributed by atoms with Gasteiger partial charge in [0.1, 0.15) is 6.61 Å². The Hall–Kier alpha value is -2.01. The maximum Gasteiger partial charge on any atom is 0.251 e. The molecule has 1 aromatic rings. The lowest BCUT2D eigenvalue weighted by Crippen LogP contribution is -2.33. The van der Waals surface area contributed by atoms with E-state index in [1.54, 1.807) is 31.4 Å². The third-order valence-electron chi connectivity index (χ3n) is 4.17. The molecule has 24 heavy (non-hydrogen) atoms. The van der Waals surface area contributed by atoms with E-state index in [9.17, 15) is 4.79 Å². The Balaban J connectivity index is 1.79. The molecule has 1 amide bonds. The molecule has 0 unspecified atom stereocenters. The van der Waals surface area contributed by atoms with Gasteiger partial charge in [-0.05, 0) is 57.1 Å². The lowest BCUT2D eigenvalue weighted by Gasteiger charge is -2.26. The predicted octanol–water partition coefficient (Wildman–Crippen LogP) is 2.87. The molecule has 0 radical (unpaired) electrons. The van der Waals surface area contributed by atoms with Gasteiger partial charge < -0.3 is 19.7 Å². The van der Waals surface area contributed by atoms with Crippen molar-refractivity contribution in [3.63, 3.8) is 0 Å². The van der Waals surface area contributed by atoms with Gasteiger partial charge in [-0.1, -0.05) is 19.1 Å². The van der Waals surface area contributed by atoms with E-state index >= 15 is 0 Å². The van der Waals surface area contributed by atoms with E-state index in [-0.39, 0.29) is 5.91 Å². The van der Waals surface area contributed by atoms with Crippen molar-refractivity contribution in [2.24, 2.45) is 0 Å². The average molecular weight is 332 g/mol. The van der Waals surface area contributed by atoms with Crippen molar-refractivity contribution in [1.29, 1.82) is 0 Å². The van der Waals surface area contributed by atoms with E-state index in [2.05, 4.69) is 16.8 Å². The van der Waals surface area contributed by atoms with Gasteiger partial charge in [0.25, 0.3) is 5.91 Å². The summed E-state index contributed by atoms with van der Waals surface area (Å²) in [6.07, 6.45) is 6.59.